The zero-order valence-corrected chi connectivity index (χ0v) is 16.8. The minimum Gasteiger partial charge on any atom is -0.378 e. The molecule has 150 valence electrons. The van der Waals surface area contributed by atoms with Gasteiger partial charge in [0.2, 0.25) is 5.95 Å². The second-order valence-electron chi connectivity index (χ2n) is 8.25. The van der Waals surface area contributed by atoms with Crippen LogP contribution in [-0.4, -0.2) is 57.3 Å². The first-order valence-corrected chi connectivity index (χ1v) is 10.7. The van der Waals surface area contributed by atoms with Crippen LogP contribution in [0.25, 0.3) is 0 Å². The third kappa shape index (κ3) is 3.42. The maximum absolute atomic E-state index is 5.42. The van der Waals surface area contributed by atoms with Crippen LogP contribution in [0.4, 0.5) is 5.95 Å². The molecule has 2 saturated heterocycles. The van der Waals surface area contributed by atoms with Gasteiger partial charge in [0, 0.05) is 50.3 Å². The van der Waals surface area contributed by atoms with Crippen molar-refractivity contribution in [2.45, 2.75) is 51.1 Å². The first-order chi connectivity index (χ1) is 13.8. The Morgan fingerprint density at radius 2 is 1.82 bits per heavy atom. The van der Waals surface area contributed by atoms with Crippen molar-refractivity contribution in [3.63, 3.8) is 0 Å². The van der Waals surface area contributed by atoms with Crippen molar-refractivity contribution in [1.82, 2.24) is 24.4 Å². The van der Waals surface area contributed by atoms with Crippen LogP contribution in [0.2, 0.25) is 0 Å². The maximum atomic E-state index is 5.42. The van der Waals surface area contributed by atoms with Crippen LogP contribution in [0.3, 0.4) is 0 Å². The van der Waals surface area contributed by atoms with Crippen molar-refractivity contribution >= 4 is 5.95 Å². The van der Waals surface area contributed by atoms with Gasteiger partial charge in [-0.25, -0.2) is 15.0 Å². The molecule has 5 rings (SSSR count). The molecule has 1 unspecified atom stereocenters. The molecular formula is C21H30N6O. The number of fused-ring (bicyclic) bond motifs is 1. The van der Waals surface area contributed by atoms with Gasteiger partial charge in [0.15, 0.2) is 0 Å². The number of morpholine rings is 1. The Kier molecular flexibility index (Phi) is 5.03. The Hall–Kier alpha value is -1.99. The highest BCUT2D eigenvalue weighted by atomic mass is 16.5. The van der Waals surface area contributed by atoms with E-state index in [0.29, 0.717) is 6.04 Å². The fraction of sp³-hybridized carbons (Fsp3) is 0.667. The van der Waals surface area contributed by atoms with Gasteiger partial charge in [0.1, 0.15) is 5.82 Å². The highest BCUT2D eigenvalue weighted by Gasteiger charge is 2.31. The molecule has 0 aromatic carbocycles. The molecule has 28 heavy (non-hydrogen) atoms. The molecule has 3 aliphatic rings. The molecule has 1 aliphatic carbocycles. The van der Waals surface area contributed by atoms with E-state index in [0.717, 1.165) is 51.8 Å². The van der Waals surface area contributed by atoms with Gasteiger partial charge in [-0.1, -0.05) is 0 Å². The maximum Gasteiger partial charge on any atom is 0.225 e. The minimum absolute atomic E-state index is 0.412. The normalized spacial score (nSPS) is 23.2. The smallest absolute Gasteiger partial charge is 0.225 e. The Labute approximate surface area is 166 Å². The molecule has 0 amide bonds. The summed E-state index contributed by atoms with van der Waals surface area (Å²) in [5, 5.41) is 0. The van der Waals surface area contributed by atoms with E-state index in [-0.39, 0.29) is 0 Å². The second-order valence-corrected chi connectivity index (χ2v) is 8.25. The van der Waals surface area contributed by atoms with Gasteiger partial charge in [-0.3, -0.25) is 4.90 Å². The van der Waals surface area contributed by atoms with Crippen LogP contribution < -0.4 is 4.90 Å². The molecule has 0 N–H and O–H groups in total. The summed E-state index contributed by atoms with van der Waals surface area (Å²) in [7, 11) is 2.21. The van der Waals surface area contributed by atoms with Crippen molar-refractivity contribution in [2.24, 2.45) is 7.05 Å². The number of imidazole rings is 1. The van der Waals surface area contributed by atoms with Gasteiger partial charge in [-0.15, -0.1) is 0 Å². The largest absolute Gasteiger partial charge is 0.378 e. The third-order valence-corrected chi connectivity index (χ3v) is 6.44. The number of hydrogen-bond acceptors (Lipinski definition) is 6. The summed E-state index contributed by atoms with van der Waals surface area (Å²) in [4.78, 5) is 19.1. The number of hydrogen-bond donors (Lipinski definition) is 0. The van der Waals surface area contributed by atoms with Crippen LogP contribution in [0, 0.1) is 0 Å². The number of aromatic nitrogens is 4. The van der Waals surface area contributed by atoms with E-state index < -0.39 is 0 Å². The lowest BCUT2D eigenvalue weighted by molar-refractivity contribution is 0.122. The summed E-state index contributed by atoms with van der Waals surface area (Å²) in [5.74, 6) is 2.08. The van der Waals surface area contributed by atoms with E-state index in [1.807, 2.05) is 12.4 Å². The van der Waals surface area contributed by atoms with E-state index >= 15 is 0 Å². The van der Waals surface area contributed by atoms with Gasteiger partial charge in [0.25, 0.3) is 0 Å². The molecule has 0 bridgehead atoms. The minimum atomic E-state index is 0.412. The molecule has 0 saturated carbocycles. The van der Waals surface area contributed by atoms with Crippen LogP contribution in [0.15, 0.2) is 12.4 Å². The van der Waals surface area contributed by atoms with E-state index in [9.17, 15) is 0 Å². The van der Waals surface area contributed by atoms with Crippen molar-refractivity contribution in [2.75, 3.05) is 37.7 Å². The molecule has 1 atom stereocenters. The molecule has 2 aliphatic heterocycles. The summed E-state index contributed by atoms with van der Waals surface area (Å²) < 4.78 is 7.80. The van der Waals surface area contributed by atoms with E-state index in [1.165, 1.54) is 54.9 Å². The summed E-state index contributed by atoms with van der Waals surface area (Å²) in [6, 6.07) is 0.412. The Morgan fingerprint density at radius 3 is 2.61 bits per heavy atom. The number of likely N-dealkylation sites (tertiary alicyclic amines) is 1. The predicted molar refractivity (Wildman–Crippen MR) is 107 cm³/mol. The standard InChI is InChI=1S/C21H30N6O/c1-25-18-6-3-2-5-17(18)24-20(25)19-7-4-8-27(19)15-16-13-22-21(23-14-16)26-9-11-28-12-10-26/h13-14,19H,2-12,15H2,1H3. The Bertz CT molecular complexity index is 811. The van der Waals surface area contributed by atoms with E-state index in [1.54, 1.807) is 0 Å². The number of nitrogens with zero attached hydrogens (tertiary/aromatic N) is 6. The Morgan fingerprint density at radius 1 is 1.04 bits per heavy atom. The summed E-state index contributed by atoms with van der Waals surface area (Å²) >= 11 is 0. The van der Waals surface area contributed by atoms with Crippen LogP contribution >= 0.6 is 0 Å². The number of ether oxygens (including phenoxy) is 1. The lowest BCUT2D eigenvalue weighted by Gasteiger charge is -2.27. The fourth-order valence-corrected chi connectivity index (χ4v) is 4.90. The van der Waals surface area contributed by atoms with Crippen LogP contribution in [0.5, 0.6) is 0 Å². The molecule has 7 heteroatoms. The quantitative estimate of drug-likeness (QED) is 0.808. The first kappa shape index (κ1) is 18.1. The summed E-state index contributed by atoms with van der Waals surface area (Å²) in [5.41, 5.74) is 3.99. The van der Waals surface area contributed by atoms with Gasteiger partial charge in [0.05, 0.1) is 24.9 Å². The highest BCUT2D eigenvalue weighted by molar-refractivity contribution is 5.30. The fourth-order valence-electron chi connectivity index (χ4n) is 4.90. The molecule has 7 nitrogen and oxygen atoms in total. The van der Waals surface area contributed by atoms with Crippen LogP contribution in [-0.2, 0) is 31.2 Å². The van der Waals surface area contributed by atoms with Crippen LogP contribution in [0.1, 0.15) is 54.5 Å². The lowest BCUT2D eigenvalue weighted by Crippen LogP contribution is -2.37. The SMILES string of the molecule is Cn1c(C2CCCN2Cc2cnc(N3CCOCC3)nc2)nc2c1CCCC2. The van der Waals surface area contributed by atoms with E-state index in [4.69, 9.17) is 9.72 Å². The van der Waals surface area contributed by atoms with Crippen molar-refractivity contribution in [3.05, 3.63) is 35.2 Å². The topological polar surface area (TPSA) is 59.3 Å². The molecule has 0 spiro atoms. The first-order valence-electron chi connectivity index (χ1n) is 10.7. The monoisotopic (exact) mass is 382 g/mol. The van der Waals surface area contributed by atoms with Gasteiger partial charge in [-0.05, 0) is 45.1 Å². The van der Waals surface area contributed by atoms with Crippen molar-refractivity contribution in [1.29, 1.82) is 0 Å². The highest BCUT2D eigenvalue weighted by Crippen LogP contribution is 2.34. The summed E-state index contributed by atoms with van der Waals surface area (Å²) in [6.07, 6.45) is 11.3. The van der Waals surface area contributed by atoms with Crippen molar-refractivity contribution in [3.8, 4) is 0 Å². The van der Waals surface area contributed by atoms with Gasteiger partial charge >= 0.3 is 0 Å². The Balaban J connectivity index is 1.30. The number of anilines is 1. The average Bonchev–Trinajstić information content (AvgIpc) is 3.33. The molecule has 2 fully saturated rings. The van der Waals surface area contributed by atoms with Crippen molar-refractivity contribution < 1.29 is 4.74 Å². The lowest BCUT2D eigenvalue weighted by atomic mass is 10.0. The number of aryl methyl sites for hydroxylation is 1. The molecular weight excluding hydrogens is 352 g/mol. The van der Waals surface area contributed by atoms with Gasteiger partial charge in [-0.2, -0.15) is 0 Å². The predicted octanol–water partition coefficient (Wildman–Crippen LogP) is 2.26. The molecule has 0 radical (unpaired) electrons. The molecule has 2 aromatic heterocycles. The summed E-state index contributed by atoms with van der Waals surface area (Å²) in [6.45, 7) is 5.27. The molecule has 4 heterocycles. The zero-order chi connectivity index (χ0) is 18.9. The third-order valence-electron chi connectivity index (χ3n) is 6.44. The number of rotatable bonds is 4. The zero-order valence-electron chi connectivity index (χ0n) is 16.8. The van der Waals surface area contributed by atoms with E-state index in [2.05, 4.69) is 31.4 Å². The van der Waals surface area contributed by atoms with Gasteiger partial charge < -0.3 is 14.2 Å². The average molecular weight is 383 g/mol. The second kappa shape index (κ2) is 7.79. The molecule has 2 aromatic rings.